The van der Waals surface area contributed by atoms with Gasteiger partial charge < -0.3 is 0 Å². The van der Waals surface area contributed by atoms with Crippen LogP contribution in [-0.2, 0) is 0 Å². The van der Waals surface area contributed by atoms with E-state index < -0.39 is 0 Å². The molecule has 0 aromatic rings. The lowest BCUT2D eigenvalue weighted by Gasteiger charge is -2.12. The fourth-order valence-corrected chi connectivity index (χ4v) is 2.94. The van der Waals surface area contributed by atoms with Gasteiger partial charge in [0.05, 0.1) is 0 Å². The Hall–Kier alpha value is 1.06. The molecule has 0 fully saturated rings. The van der Waals surface area contributed by atoms with Crippen LogP contribution in [0.2, 0.25) is 0 Å². The summed E-state index contributed by atoms with van der Waals surface area (Å²) in [4.78, 5) is 0.574. The van der Waals surface area contributed by atoms with Crippen molar-refractivity contribution in [2.75, 3.05) is 5.88 Å². The maximum absolute atomic E-state index is 6.07. The highest BCUT2D eigenvalue weighted by molar-refractivity contribution is 9.09. The van der Waals surface area contributed by atoms with Gasteiger partial charge >= 0.3 is 0 Å². The first-order valence-electron chi connectivity index (χ1n) is 5.04. The van der Waals surface area contributed by atoms with E-state index in [-0.39, 0.29) is 5.38 Å². The lowest BCUT2D eigenvalue weighted by molar-refractivity contribution is 0.608. The van der Waals surface area contributed by atoms with Crippen molar-refractivity contribution in [3.8, 4) is 0 Å². The minimum atomic E-state index is 0.239. The number of alkyl halides is 3. The smallest absolute Gasteiger partial charge is 0.0358 e. The molecule has 2 unspecified atom stereocenters. The zero-order valence-electron chi connectivity index (χ0n) is 8.24. The Morgan fingerprint density at radius 1 is 1.23 bits per heavy atom. The minimum Gasteiger partial charge on any atom is -0.127 e. The number of unbranched alkanes of at least 4 members (excludes halogenated alkanes) is 2. The second kappa shape index (κ2) is 9.61. The summed E-state index contributed by atoms with van der Waals surface area (Å²) in [5, 5.41) is 0.239. The van der Waals surface area contributed by atoms with Crippen LogP contribution in [0.15, 0.2) is 0 Å². The highest BCUT2D eigenvalue weighted by Crippen LogP contribution is 2.20. The van der Waals surface area contributed by atoms with Gasteiger partial charge in [-0.05, 0) is 19.3 Å². The van der Waals surface area contributed by atoms with Gasteiger partial charge in [-0.3, -0.25) is 0 Å². The molecule has 3 heteroatoms. The van der Waals surface area contributed by atoms with E-state index in [1.54, 1.807) is 0 Å². The van der Waals surface area contributed by atoms with Gasteiger partial charge in [-0.25, -0.2) is 0 Å². The number of hydrogen-bond donors (Lipinski definition) is 0. The van der Waals surface area contributed by atoms with E-state index in [1.165, 1.54) is 25.7 Å². The van der Waals surface area contributed by atoms with Crippen molar-refractivity contribution in [1.29, 1.82) is 0 Å². The van der Waals surface area contributed by atoms with Crippen LogP contribution in [0, 0.1) is 0 Å². The summed E-state index contributed by atoms with van der Waals surface area (Å²) in [6, 6.07) is 0. The maximum atomic E-state index is 6.07. The molecule has 0 saturated heterocycles. The zero-order valence-corrected chi connectivity index (χ0v) is 11.3. The van der Waals surface area contributed by atoms with Crippen molar-refractivity contribution in [2.24, 2.45) is 0 Å². The SMILES string of the molecule is CCCCCC(Br)CC(Cl)CCCl. The molecule has 0 aromatic heterocycles. The summed E-state index contributed by atoms with van der Waals surface area (Å²) in [6.45, 7) is 2.22. The molecule has 0 aromatic carbocycles. The molecule has 2 atom stereocenters. The summed E-state index contributed by atoms with van der Waals surface area (Å²) in [7, 11) is 0. The third kappa shape index (κ3) is 9.37. The van der Waals surface area contributed by atoms with E-state index in [9.17, 15) is 0 Å². The first-order chi connectivity index (χ1) is 6.20. The van der Waals surface area contributed by atoms with Crippen LogP contribution < -0.4 is 0 Å². The molecule has 0 spiro atoms. The lowest BCUT2D eigenvalue weighted by Crippen LogP contribution is -2.08. The molecule has 0 heterocycles. The fraction of sp³-hybridized carbons (Fsp3) is 1.00. The summed E-state index contributed by atoms with van der Waals surface area (Å²) >= 11 is 15.3. The molecule has 13 heavy (non-hydrogen) atoms. The van der Waals surface area contributed by atoms with Crippen molar-refractivity contribution in [1.82, 2.24) is 0 Å². The van der Waals surface area contributed by atoms with Gasteiger partial charge in [0.2, 0.25) is 0 Å². The van der Waals surface area contributed by atoms with Crippen LogP contribution in [0.4, 0.5) is 0 Å². The Balaban J connectivity index is 3.32. The molecule has 0 rings (SSSR count). The summed E-state index contributed by atoms with van der Waals surface area (Å²) in [5.41, 5.74) is 0. The molecule has 0 N–H and O–H groups in total. The van der Waals surface area contributed by atoms with Gasteiger partial charge in [-0.2, -0.15) is 0 Å². The van der Waals surface area contributed by atoms with E-state index in [0.29, 0.717) is 10.7 Å². The predicted octanol–water partition coefficient (Wildman–Crippen LogP) is 4.96. The molecule has 0 aliphatic rings. The Kier molecular flexibility index (Phi) is 10.4. The zero-order chi connectivity index (χ0) is 10.1. The molecule has 0 radical (unpaired) electrons. The largest absolute Gasteiger partial charge is 0.127 e. The normalized spacial score (nSPS) is 15.7. The second-order valence-electron chi connectivity index (χ2n) is 3.40. The fourth-order valence-electron chi connectivity index (χ4n) is 1.25. The number of hydrogen-bond acceptors (Lipinski definition) is 0. The van der Waals surface area contributed by atoms with Gasteiger partial charge in [-0.15, -0.1) is 23.2 Å². The first-order valence-corrected chi connectivity index (χ1v) is 6.93. The van der Waals surface area contributed by atoms with E-state index in [4.69, 9.17) is 23.2 Å². The third-order valence-electron chi connectivity index (χ3n) is 2.05. The first kappa shape index (κ1) is 14.1. The maximum Gasteiger partial charge on any atom is 0.0358 e. The monoisotopic (exact) mass is 288 g/mol. The van der Waals surface area contributed by atoms with Crippen molar-refractivity contribution in [2.45, 2.75) is 55.7 Å². The summed E-state index contributed by atoms with van der Waals surface area (Å²) < 4.78 is 0. The van der Waals surface area contributed by atoms with Crippen molar-refractivity contribution in [3.05, 3.63) is 0 Å². The van der Waals surface area contributed by atoms with Gasteiger partial charge in [0.25, 0.3) is 0 Å². The molecule has 0 nitrogen and oxygen atoms in total. The van der Waals surface area contributed by atoms with Crippen molar-refractivity contribution < 1.29 is 0 Å². The van der Waals surface area contributed by atoms with Crippen molar-refractivity contribution >= 4 is 39.1 Å². The van der Waals surface area contributed by atoms with E-state index in [0.717, 1.165) is 12.8 Å². The molecule has 0 aliphatic heterocycles. The molecular weight excluding hydrogens is 271 g/mol. The second-order valence-corrected chi connectivity index (χ2v) is 5.69. The molecular formula is C10H19BrCl2. The third-order valence-corrected chi connectivity index (χ3v) is 3.50. The van der Waals surface area contributed by atoms with Crippen LogP contribution in [-0.4, -0.2) is 16.1 Å². The molecule has 0 bridgehead atoms. The van der Waals surface area contributed by atoms with Gasteiger partial charge in [0.15, 0.2) is 0 Å². The summed E-state index contributed by atoms with van der Waals surface area (Å²) in [5.74, 6) is 0.669. The Bertz CT molecular complexity index is 109. The average molecular weight is 290 g/mol. The molecule has 80 valence electrons. The van der Waals surface area contributed by atoms with E-state index in [1.807, 2.05) is 0 Å². The molecule has 0 saturated carbocycles. The Morgan fingerprint density at radius 3 is 2.46 bits per heavy atom. The minimum absolute atomic E-state index is 0.239. The average Bonchev–Trinajstić information content (AvgIpc) is 2.05. The van der Waals surface area contributed by atoms with Crippen LogP contribution in [0.1, 0.15) is 45.4 Å². The van der Waals surface area contributed by atoms with Crippen molar-refractivity contribution in [3.63, 3.8) is 0 Å². The van der Waals surface area contributed by atoms with Gasteiger partial charge in [0, 0.05) is 16.1 Å². The quantitative estimate of drug-likeness (QED) is 0.438. The van der Waals surface area contributed by atoms with Crippen LogP contribution >= 0.6 is 39.1 Å². The predicted molar refractivity (Wildman–Crippen MR) is 66.5 cm³/mol. The van der Waals surface area contributed by atoms with Gasteiger partial charge in [0.1, 0.15) is 0 Å². The summed E-state index contributed by atoms with van der Waals surface area (Å²) in [6.07, 6.45) is 7.10. The van der Waals surface area contributed by atoms with E-state index >= 15 is 0 Å². The van der Waals surface area contributed by atoms with Crippen LogP contribution in [0.25, 0.3) is 0 Å². The topological polar surface area (TPSA) is 0 Å². The Morgan fingerprint density at radius 2 is 1.92 bits per heavy atom. The van der Waals surface area contributed by atoms with Gasteiger partial charge in [-0.1, -0.05) is 42.1 Å². The van der Waals surface area contributed by atoms with E-state index in [2.05, 4.69) is 22.9 Å². The molecule has 0 amide bonds. The van der Waals surface area contributed by atoms with Crippen LogP contribution in [0.3, 0.4) is 0 Å². The standard InChI is InChI=1S/C10H19BrCl2/c1-2-3-4-5-9(11)8-10(13)6-7-12/h9-10H,2-8H2,1H3. The molecule has 0 aliphatic carbocycles. The number of halogens is 3. The highest BCUT2D eigenvalue weighted by Gasteiger charge is 2.10. The van der Waals surface area contributed by atoms with Crippen LogP contribution in [0.5, 0.6) is 0 Å². The number of rotatable bonds is 8. The lowest BCUT2D eigenvalue weighted by atomic mass is 10.1. The Labute approximate surface area is 100 Å². The highest BCUT2D eigenvalue weighted by atomic mass is 79.9.